The molecule has 0 heterocycles. The maximum Gasteiger partial charge on any atom is 3.00 e. The minimum Gasteiger partial charge on any atom is -0.184 e. The minimum atomic E-state index is -4.80. The number of rotatable bonds is 5. The van der Waals surface area contributed by atoms with Crippen LogP contribution < -0.4 is 0 Å². The smallest absolute Gasteiger partial charge is 0.184 e. The summed E-state index contributed by atoms with van der Waals surface area (Å²) in [5.41, 5.74) is 3.12. The van der Waals surface area contributed by atoms with E-state index in [0.717, 1.165) is 0 Å². The summed E-state index contributed by atoms with van der Waals surface area (Å²) in [5, 5.41) is 2.85. The van der Waals surface area contributed by atoms with Crippen molar-refractivity contribution >= 4 is 43.4 Å². The maximum absolute atomic E-state index is 14.1. The van der Waals surface area contributed by atoms with Crippen LogP contribution in [0.25, 0.3) is 16.3 Å². The van der Waals surface area contributed by atoms with Crippen LogP contribution in [0.5, 0.6) is 0 Å². The third-order valence-electron chi connectivity index (χ3n) is 9.46. The molecule has 5 aromatic carbocycles. The van der Waals surface area contributed by atoms with E-state index in [1.54, 1.807) is 6.92 Å². The van der Waals surface area contributed by atoms with E-state index in [4.69, 9.17) is 7.49 Å². The molecular weight excluding hydrogens is 821 g/mol. The van der Waals surface area contributed by atoms with E-state index >= 15 is 0 Å². The zero-order valence-electron chi connectivity index (χ0n) is 34.9. The first kappa shape index (κ1) is 49.9. The molecule has 57 heavy (non-hydrogen) atoms. The number of fused-ring (bicyclic) bond motifs is 2. The topological polar surface area (TPSA) is 0 Å². The molecule has 0 saturated heterocycles. The number of halogens is 6. The summed E-state index contributed by atoms with van der Waals surface area (Å²) in [5.74, 6) is -0.104. The van der Waals surface area contributed by atoms with E-state index in [0.29, 0.717) is 11.8 Å². The monoisotopic (exact) mass is 872 g/mol. The number of benzene rings is 4. The number of aryl methyl sites for hydroxylation is 1. The molecule has 1 aliphatic carbocycles. The zero-order valence-corrected chi connectivity index (χ0v) is 38.4. The van der Waals surface area contributed by atoms with E-state index < -0.39 is 49.3 Å². The molecular formula is C48H53BF6SiZr. The van der Waals surface area contributed by atoms with Crippen LogP contribution >= 0.6 is 0 Å². The van der Waals surface area contributed by atoms with Crippen molar-refractivity contribution in [2.45, 2.75) is 111 Å². The van der Waals surface area contributed by atoms with Crippen LogP contribution in [0.2, 0.25) is 13.1 Å². The number of allylic oxidation sites excluding steroid dienone is 2. The summed E-state index contributed by atoms with van der Waals surface area (Å²) in [6.07, 6.45) is -9.57. The molecule has 6 rings (SSSR count). The second-order valence-electron chi connectivity index (χ2n) is 15.4. The average molecular weight is 874 g/mol. The average Bonchev–Trinajstić information content (AvgIpc) is 3.63. The number of alkyl halides is 6. The van der Waals surface area contributed by atoms with Crippen LogP contribution in [-0.4, -0.2) is 33.2 Å². The van der Waals surface area contributed by atoms with Gasteiger partial charge in [0.25, 0.3) is 0 Å². The summed E-state index contributed by atoms with van der Waals surface area (Å²) >= 11 is 0. The molecule has 5 aromatic rings. The van der Waals surface area contributed by atoms with Crippen LogP contribution in [0.3, 0.4) is 0 Å². The van der Waals surface area contributed by atoms with Crippen molar-refractivity contribution in [3.05, 3.63) is 153 Å². The van der Waals surface area contributed by atoms with Crippen LogP contribution in [-0.2, 0) is 32.4 Å². The first-order valence-corrected chi connectivity index (χ1v) is 21.5. The van der Waals surface area contributed by atoms with Gasteiger partial charge >= 0.3 is 190 Å². The molecule has 0 fully saturated rings. The van der Waals surface area contributed by atoms with E-state index in [-0.39, 0.29) is 53.9 Å². The molecule has 1 atom stereocenters. The van der Waals surface area contributed by atoms with Gasteiger partial charge in [-0.2, -0.15) is 78.9 Å². The Morgan fingerprint density at radius 1 is 0.684 bits per heavy atom. The summed E-state index contributed by atoms with van der Waals surface area (Å²) < 4.78 is 83.6. The second-order valence-corrected chi connectivity index (χ2v) is 17.9. The molecule has 0 nitrogen and oxygen atoms in total. The predicted octanol–water partition coefficient (Wildman–Crippen LogP) is 14.2. The molecule has 1 unspecified atom stereocenters. The summed E-state index contributed by atoms with van der Waals surface area (Å²) in [6.45, 7) is 21.0. The van der Waals surface area contributed by atoms with Crippen molar-refractivity contribution in [1.29, 1.82) is 0 Å². The van der Waals surface area contributed by atoms with E-state index in [9.17, 15) is 26.3 Å². The Bertz CT molecular complexity index is 2030. The van der Waals surface area contributed by atoms with Gasteiger partial charge in [0.2, 0.25) is 0 Å². The molecule has 9 heteroatoms. The van der Waals surface area contributed by atoms with Gasteiger partial charge in [-0.15, -0.1) is 28.5 Å². The quantitative estimate of drug-likeness (QED) is 0.0938. The van der Waals surface area contributed by atoms with Gasteiger partial charge in [-0.05, 0) is 11.8 Å². The Balaban J connectivity index is 0.000000319. The van der Waals surface area contributed by atoms with Crippen molar-refractivity contribution < 1.29 is 52.5 Å². The van der Waals surface area contributed by atoms with Gasteiger partial charge in [-0.1, -0.05) is 51.8 Å². The minimum absolute atomic E-state index is 0. The normalized spacial score (nSPS) is 12.9. The van der Waals surface area contributed by atoms with Crippen LogP contribution in [0, 0.1) is 19.1 Å². The Hall–Kier alpha value is -3.29. The molecule has 0 bridgehead atoms. The fourth-order valence-corrected chi connectivity index (χ4v) is 8.13. The van der Waals surface area contributed by atoms with Gasteiger partial charge in [-0.3, -0.25) is 0 Å². The first-order valence-electron chi connectivity index (χ1n) is 18.9. The molecule has 0 aliphatic heterocycles. The zero-order chi connectivity index (χ0) is 42.1. The van der Waals surface area contributed by atoms with Gasteiger partial charge in [-0.25, -0.2) is 0 Å². The van der Waals surface area contributed by atoms with Crippen LogP contribution in [0.15, 0.2) is 96.6 Å². The molecule has 2 radical (unpaired) electrons. The van der Waals surface area contributed by atoms with Gasteiger partial charge < -0.3 is 0 Å². The van der Waals surface area contributed by atoms with E-state index in [2.05, 4.69) is 71.0 Å². The van der Waals surface area contributed by atoms with Crippen molar-refractivity contribution in [2.24, 2.45) is 0 Å². The summed E-state index contributed by atoms with van der Waals surface area (Å²) in [4.78, 5) is 0. The van der Waals surface area contributed by atoms with Gasteiger partial charge in [0.05, 0.1) is 0 Å². The molecule has 0 saturated carbocycles. The molecule has 0 aromatic heterocycles. The fraction of sp³-hybridized carbons (Fsp3) is 0.354. The van der Waals surface area contributed by atoms with Crippen molar-refractivity contribution in [2.75, 3.05) is 0 Å². The fourth-order valence-electron chi connectivity index (χ4n) is 6.95. The summed E-state index contributed by atoms with van der Waals surface area (Å²) in [6, 6.07) is 35.6. The third kappa shape index (κ3) is 13.4. The molecule has 298 valence electrons. The van der Waals surface area contributed by atoms with E-state index in [1.807, 2.05) is 79.4 Å². The Labute approximate surface area is 358 Å². The Morgan fingerprint density at radius 3 is 1.58 bits per heavy atom. The molecule has 1 aliphatic rings. The summed E-state index contributed by atoms with van der Waals surface area (Å²) in [7, 11) is 4.98. The van der Waals surface area contributed by atoms with Crippen LogP contribution in [0.1, 0.15) is 124 Å². The second kappa shape index (κ2) is 21.6. The number of hydrogen-bond donors (Lipinski definition) is 0. The van der Waals surface area contributed by atoms with E-state index in [1.165, 1.54) is 54.3 Å². The first-order chi connectivity index (χ1) is 26.1. The maximum atomic E-state index is 14.1. The predicted molar refractivity (Wildman–Crippen MR) is 229 cm³/mol. The van der Waals surface area contributed by atoms with Crippen molar-refractivity contribution in [3.8, 4) is 0 Å². The SMILES string of the molecule is Cc1cc2c(C(C)C)cc(C(C)C)cc2[cH-]1.[B]=C1C(C)=C(C(F)(F)F)c2c1cc(C(C)C=[Si](C)C)c(C(F)(F)F)c2C(C)C.[Zr+3].[c-]1ccccc1.[c-]1ccccc1. The molecule has 0 spiro atoms. The third-order valence-corrected chi connectivity index (χ3v) is 10.6. The Morgan fingerprint density at radius 2 is 1.21 bits per heavy atom. The van der Waals surface area contributed by atoms with Gasteiger partial charge in [0.15, 0.2) is 0 Å². The largest absolute Gasteiger partial charge is 3.00 e. The van der Waals surface area contributed by atoms with Gasteiger partial charge in [0.1, 0.15) is 0 Å². The molecule has 0 N–H and O–H groups in total. The number of hydrogen-bond acceptors (Lipinski definition) is 0. The standard InChI is InChI=1S/C20H22BF6Si.C16H21.2C6H5.Zr/c1-9(2)14-15-13(18(21)11(4)16(15)19(22,23)24)7-12(10(3)8-28(5)6)17(14)20(25,26)27;1-10(2)13-8-14-6-12(5)7-16(14)15(9-13)11(3)4;2*1-2-4-6-5-3-1;/h7-10H,1-6H3;6-11H,1-5H3;2*1-5H;/q;3*-1;+3. The van der Waals surface area contributed by atoms with Crippen LogP contribution in [0.4, 0.5) is 26.3 Å². The van der Waals surface area contributed by atoms with Gasteiger partial charge in [0, 0.05) is 0 Å². The van der Waals surface area contributed by atoms with Crippen molar-refractivity contribution in [1.82, 2.24) is 0 Å². The molecule has 0 amide bonds. The van der Waals surface area contributed by atoms with Crippen molar-refractivity contribution in [3.63, 3.8) is 0 Å². The Kier molecular flexibility index (Phi) is 18.9.